The molecule has 0 spiro atoms. The highest BCUT2D eigenvalue weighted by Crippen LogP contribution is 2.28. The van der Waals surface area contributed by atoms with Crippen molar-refractivity contribution in [3.63, 3.8) is 0 Å². The van der Waals surface area contributed by atoms with Crippen molar-refractivity contribution in [2.24, 2.45) is 0 Å². The minimum absolute atomic E-state index is 0.0411. The molecule has 0 bridgehead atoms. The van der Waals surface area contributed by atoms with Gasteiger partial charge in [0.2, 0.25) is 5.91 Å². The summed E-state index contributed by atoms with van der Waals surface area (Å²) in [5.41, 5.74) is 0.694. The summed E-state index contributed by atoms with van der Waals surface area (Å²) in [4.78, 5) is 12.0. The number of nitrogens with one attached hydrogen (secondary N) is 2. The largest absolute Gasteiger partial charge is 0.495 e. The van der Waals surface area contributed by atoms with Gasteiger partial charge < -0.3 is 20.1 Å². The van der Waals surface area contributed by atoms with Crippen molar-refractivity contribution >= 4 is 28.9 Å². The van der Waals surface area contributed by atoms with Crippen molar-refractivity contribution in [3.8, 4) is 11.5 Å². The third kappa shape index (κ3) is 4.99. The standard InChI is InChI=1S/C16H15ClF2N2O3/c1-23-13-7-6-10(17)8-12(13)21-15(22)9-20-11-4-2-3-5-14(11)24-16(18)19/h2-8,16,20H,9H2,1H3,(H,21,22). The van der Waals surface area contributed by atoms with E-state index in [0.717, 1.165) is 0 Å². The van der Waals surface area contributed by atoms with Crippen LogP contribution in [0.4, 0.5) is 20.2 Å². The lowest BCUT2D eigenvalue weighted by molar-refractivity contribution is -0.114. The van der Waals surface area contributed by atoms with Gasteiger partial charge in [0.25, 0.3) is 0 Å². The number of rotatable bonds is 7. The molecule has 2 aromatic rings. The summed E-state index contributed by atoms with van der Waals surface area (Å²) in [7, 11) is 1.47. The van der Waals surface area contributed by atoms with Crippen molar-refractivity contribution in [2.45, 2.75) is 6.61 Å². The van der Waals surface area contributed by atoms with Crippen LogP contribution >= 0.6 is 11.6 Å². The molecule has 1 amide bonds. The summed E-state index contributed by atoms with van der Waals surface area (Å²) in [5, 5.41) is 5.82. The van der Waals surface area contributed by atoms with Gasteiger partial charge in [0.1, 0.15) is 11.5 Å². The highest BCUT2D eigenvalue weighted by molar-refractivity contribution is 6.31. The third-order valence-corrected chi connectivity index (χ3v) is 3.21. The molecule has 0 fully saturated rings. The van der Waals surface area contributed by atoms with E-state index in [0.29, 0.717) is 16.5 Å². The van der Waals surface area contributed by atoms with Crippen LogP contribution < -0.4 is 20.1 Å². The average Bonchev–Trinajstić information content (AvgIpc) is 2.54. The first-order valence-electron chi connectivity index (χ1n) is 6.90. The van der Waals surface area contributed by atoms with Gasteiger partial charge in [-0.2, -0.15) is 8.78 Å². The lowest BCUT2D eigenvalue weighted by Crippen LogP contribution is -2.22. The highest BCUT2D eigenvalue weighted by atomic mass is 35.5. The molecule has 0 unspecified atom stereocenters. The maximum atomic E-state index is 12.4. The van der Waals surface area contributed by atoms with Crippen LogP contribution in [0.1, 0.15) is 0 Å². The number of anilines is 2. The number of methoxy groups -OCH3 is 1. The first-order valence-corrected chi connectivity index (χ1v) is 7.28. The number of para-hydroxylation sites is 2. The number of hydrogen-bond donors (Lipinski definition) is 2. The molecule has 0 aromatic heterocycles. The summed E-state index contributed by atoms with van der Waals surface area (Å²) < 4.78 is 34.2. The fraction of sp³-hybridized carbons (Fsp3) is 0.188. The van der Waals surface area contributed by atoms with Crippen LogP contribution in [0.5, 0.6) is 11.5 Å². The van der Waals surface area contributed by atoms with Gasteiger partial charge in [0, 0.05) is 5.02 Å². The van der Waals surface area contributed by atoms with Crippen LogP contribution in [0.15, 0.2) is 42.5 Å². The van der Waals surface area contributed by atoms with Gasteiger partial charge in [-0.25, -0.2) is 0 Å². The molecular weight excluding hydrogens is 342 g/mol. The Morgan fingerprint density at radius 1 is 1.17 bits per heavy atom. The van der Waals surface area contributed by atoms with Gasteiger partial charge in [-0.1, -0.05) is 23.7 Å². The molecule has 0 aliphatic carbocycles. The van der Waals surface area contributed by atoms with E-state index in [2.05, 4.69) is 15.4 Å². The van der Waals surface area contributed by atoms with Crippen LogP contribution in [0.25, 0.3) is 0 Å². The molecule has 8 heteroatoms. The van der Waals surface area contributed by atoms with Gasteiger partial charge in [0.05, 0.1) is 25.0 Å². The van der Waals surface area contributed by atoms with Gasteiger partial charge in [-0.3, -0.25) is 4.79 Å². The molecule has 0 atom stereocenters. The maximum absolute atomic E-state index is 12.4. The third-order valence-electron chi connectivity index (χ3n) is 2.98. The lowest BCUT2D eigenvalue weighted by Gasteiger charge is -2.13. The number of halogens is 3. The second kappa shape index (κ2) is 8.35. The molecule has 0 aliphatic heterocycles. The predicted octanol–water partition coefficient (Wildman–Crippen LogP) is 4.00. The quantitative estimate of drug-likeness (QED) is 0.787. The Hall–Kier alpha value is -2.54. The van der Waals surface area contributed by atoms with Crippen LogP contribution in [-0.2, 0) is 4.79 Å². The van der Waals surface area contributed by atoms with E-state index in [1.165, 1.54) is 19.2 Å². The van der Waals surface area contributed by atoms with E-state index in [4.69, 9.17) is 16.3 Å². The van der Waals surface area contributed by atoms with Crippen molar-refractivity contribution in [1.29, 1.82) is 0 Å². The fourth-order valence-electron chi connectivity index (χ4n) is 1.96. The minimum atomic E-state index is -2.95. The minimum Gasteiger partial charge on any atom is -0.495 e. The number of carbonyl (C=O) groups is 1. The van der Waals surface area contributed by atoms with Gasteiger partial charge in [-0.15, -0.1) is 0 Å². The Bertz CT molecular complexity index is 713. The number of alkyl halides is 2. The van der Waals surface area contributed by atoms with Crippen LogP contribution in [-0.4, -0.2) is 26.2 Å². The summed E-state index contributed by atoms with van der Waals surface area (Å²) in [5.74, 6) is 0.0113. The lowest BCUT2D eigenvalue weighted by atomic mass is 10.2. The number of amides is 1. The van der Waals surface area contributed by atoms with E-state index in [1.807, 2.05) is 0 Å². The zero-order valence-corrected chi connectivity index (χ0v) is 13.4. The fourth-order valence-corrected chi connectivity index (χ4v) is 2.13. The zero-order valence-electron chi connectivity index (χ0n) is 12.7. The number of ether oxygens (including phenoxy) is 2. The monoisotopic (exact) mass is 356 g/mol. The predicted molar refractivity (Wildman–Crippen MR) is 88.2 cm³/mol. The Morgan fingerprint density at radius 2 is 1.92 bits per heavy atom. The van der Waals surface area contributed by atoms with Gasteiger partial charge in [-0.05, 0) is 30.3 Å². The molecule has 24 heavy (non-hydrogen) atoms. The van der Waals surface area contributed by atoms with E-state index < -0.39 is 12.5 Å². The second-order valence-corrected chi connectivity index (χ2v) is 5.06. The first-order chi connectivity index (χ1) is 11.5. The number of benzene rings is 2. The summed E-state index contributed by atoms with van der Waals surface area (Å²) in [6.45, 7) is -3.10. The number of hydrogen-bond acceptors (Lipinski definition) is 4. The van der Waals surface area contributed by atoms with E-state index in [1.54, 1.807) is 30.3 Å². The van der Waals surface area contributed by atoms with E-state index >= 15 is 0 Å². The molecule has 0 aliphatic rings. The maximum Gasteiger partial charge on any atom is 0.387 e. The summed E-state index contributed by atoms with van der Waals surface area (Å²) in [6, 6.07) is 10.9. The van der Waals surface area contributed by atoms with Crippen molar-refractivity contribution in [2.75, 3.05) is 24.3 Å². The zero-order chi connectivity index (χ0) is 17.5. The molecular formula is C16H15ClF2N2O3. The van der Waals surface area contributed by atoms with Crippen LogP contribution in [0, 0.1) is 0 Å². The molecule has 0 radical (unpaired) electrons. The Kier molecular flexibility index (Phi) is 6.20. The molecule has 2 rings (SSSR count). The number of carbonyl (C=O) groups excluding carboxylic acids is 1. The Morgan fingerprint density at radius 3 is 2.62 bits per heavy atom. The molecule has 0 heterocycles. The van der Waals surface area contributed by atoms with Crippen molar-refractivity contribution < 1.29 is 23.0 Å². The summed E-state index contributed by atoms with van der Waals surface area (Å²) in [6.07, 6.45) is 0. The molecule has 0 saturated heterocycles. The van der Waals surface area contributed by atoms with Crippen LogP contribution in [0.3, 0.4) is 0 Å². The normalized spacial score (nSPS) is 10.4. The molecule has 5 nitrogen and oxygen atoms in total. The molecule has 2 N–H and O–H groups in total. The Balaban J connectivity index is 2.00. The van der Waals surface area contributed by atoms with Gasteiger partial charge >= 0.3 is 6.61 Å². The van der Waals surface area contributed by atoms with E-state index in [9.17, 15) is 13.6 Å². The smallest absolute Gasteiger partial charge is 0.387 e. The average molecular weight is 357 g/mol. The topological polar surface area (TPSA) is 59.6 Å². The Labute approximate surface area is 142 Å². The first kappa shape index (κ1) is 17.8. The van der Waals surface area contributed by atoms with Gasteiger partial charge in [0.15, 0.2) is 0 Å². The molecule has 128 valence electrons. The van der Waals surface area contributed by atoms with Crippen molar-refractivity contribution in [1.82, 2.24) is 0 Å². The van der Waals surface area contributed by atoms with Crippen LogP contribution in [0.2, 0.25) is 5.02 Å². The summed E-state index contributed by atoms with van der Waals surface area (Å²) >= 11 is 5.89. The highest BCUT2D eigenvalue weighted by Gasteiger charge is 2.11. The second-order valence-electron chi connectivity index (χ2n) is 4.62. The SMILES string of the molecule is COc1ccc(Cl)cc1NC(=O)CNc1ccccc1OC(F)F. The molecule has 0 saturated carbocycles. The van der Waals surface area contributed by atoms with Crippen molar-refractivity contribution in [3.05, 3.63) is 47.5 Å². The molecule has 2 aromatic carbocycles. The van der Waals surface area contributed by atoms with E-state index in [-0.39, 0.29) is 18.0 Å².